The minimum absolute atomic E-state index is 0.210. The lowest BCUT2D eigenvalue weighted by molar-refractivity contribution is 0.0348. The summed E-state index contributed by atoms with van der Waals surface area (Å²) >= 11 is 3.43. The summed E-state index contributed by atoms with van der Waals surface area (Å²) in [5.41, 5.74) is -0.0698. The number of hydrogen-bond donors (Lipinski definition) is 1. The number of ether oxygens (including phenoxy) is 2. The minimum Gasteiger partial charge on any atom is -0.493 e. The number of halogens is 3. The number of carbonyl (C=O) groups excluding carboxylic acids is 1. The van der Waals surface area contributed by atoms with E-state index in [-0.39, 0.29) is 11.7 Å². The maximum absolute atomic E-state index is 13.7. The molecular formula is C18H15BrF2N2O3. The van der Waals surface area contributed by atoms with Crippen molar-refractivity contribution in [3.8, 4) is 11.5 Å². The summed E-state index contributed by atoms with van der Waals surface area (Å²) in [6.07, 6.45) is 0.435. The fourth-order valence-corrected chi connectivity index (χ4v) is 4.02. The highest BCUT2D eigenvalue weighted by Crippen LogP contribution is 2.50. The number of carbonyl (C=O) groups is 1. The molecule has 136 valence electrons. The minimum atomic E-state index is -1.08. The van der Waals surface area contributed by atoms with Gasteiger partial charge in [-0.1, -0.05) is 15.9 Å². The molecule has 8 heteroatoms. The number of benzene rings is 2. The van der Waals surface area contributed by atoms with E-state index in [1.807, 2.05) is 6.07 Å². The maximum Gasteiger partial charge on any atom is 0.325 e. The van der Waals surface area contributed by atoms with Crippen molar-refractivity contribution in [3.05, 3.63) is 52.0 Å². The lowest BCUT2D eigenvalue weighted by Crippen LogP contribution is -2.65. The lowest BCUT2D eigenvalue weighted by atomic mass is 9.90. The normalized spacial score (nSPS) is 23.8. The third kappa shape index (κ3) is 2.51. The highest BCUT2D eigenvalue weighted by molar-refractivity contribution is 9.10. The van der Waals surface area contributed by atoms with E-state index in [4.69, 9.17) is 9.47 Å². The second-order valence-corrected chi connectivity index (χ2v) is 7.36. The number of amides is 2. The predicted octanol–water partition coefficient (Wildman–Crippen LogP) is 4.51. The van der Waals surface area contributed by atoms with Crippen LogP contribution >= 0.6 is 15.9 Å². The third-order valence-electron chi connectivity index (χ3n) is 4.68. The first-order valence-corrected chi connectivity index (χ1v) is 8.74. The Morgan fingerprint density at radius 2 is 2.08 bits per heavy atom. The fourth-order valence-electron chi connectivity index (χ4n) is 3.57. The number of anilines is 1. The molecular weight excluding hydrogens is 410 g/mol. The molecule has 26 heavy (non-hydrogen) atoms. The van der Waals surface area contributed by atoms with Gasteiger partial charge in [-0.05, 0) is 31.2 Å². The van der Waals surface area contributed by atoms with Gasteiger partial charge in [0.15, 0.2) is 28.9 Å². The van der Waals surface area contributed by atoms with Crippen LogP contribution in [0.3, 0.4) is 0 Å². The molecule has 2 heterocycles. The second kappa shape index (κ2) is 5.84. The highest BCUT2D eigenvalue weighted by atomic mass is 79.9. The van der Waals surface area contributed by atoms with Gasteiger partial charge in [0.2, 0.25) is 0 Å². The number of nitrogens with zero attached hydrogens (tertiary/aromatic N) is 1. The predicted molar refractivity (Wildman–Crippen MR) is 94.5 cm³/mol. The van der Waals surface area contributed by atoms with Crippen LogP contribution in [0.5, 0.6) is 11.5 Å². The lowest BCUT2D eigenvalue weighted by Gasteiger charge is -2.50. The van der Waals surface area contributed by atoms with Gasteiger partial charge in [0.1, 0.15) is 0 Å². The molecule has 1 saturated heterocycles. The summed E-state index contributed by atoms with van der Waals surface area (Å²) in [5.74, 6) is -0.969. The van der Waals surface area contributed by atoms with E-state index < -0.39 is 23.4 Å². The SMILES string of the molecule is COc1cc(Br)cc2c1O[C@]1(C)C[C@@H]2NC(=O)N1c1ccc(F)c(F)c1. The molecule has 2 aliphatic heterocycles. The Bertz CT molecular complexity index is 924. The molecule has 2 atom stereocenters. The summed E-state index contributed by atoms with van der Waals surface area (Å²) in [7, 11) is 1.53. The van der Waals surface area contributed by atoms with Crippen molar-refractivity contribution in [1.82, 2.24) is 5.32 Å². The molecule has 4 rings (SSSR count). The summed E-state index contributed by atoms with van der Waals surface area (Å²) in [6, 6.07) is 6.23. The molecule has 2 aromatic rings. The van der Waals surface area contributed by atoms with E-state index in [2.05, 4.69) is 21.2 Å². The van der Waals surface area contributed by atoms with Crippen LogP contribution < -0.4 is 19.7 Å². The fraction of sp³-hybridized carbons (Fsp3) is 0.278. The molecule has 0 radical (unpaired) electrons. The van der Waals surface area contributed by atoms with Crippen LogP contribution in [0.2, 0.25) is 0 Å². The molecule has 1 N–H and O–H groups in total. The molecule has 2 aliphatic rings. The van der Waals surface area contributed by atoms with Crippen molar-refractivity contribution < 1.29 is 23.0 Å². The van der Waals surface area contributed by atoms with Crippen LogP contribution in [-0.2, 0) is 0 Å². The Morgan fingerprint density at radius 3 is 2.77 bits per heavy atom. The molecule has 2 aromatic carbocycles. The summed E-state index contributed by atoms with van der Waals surface area (Å²) in [4.78, 5) is 14.0. The monoisotopic (exact) mass is 424 g/mol. The van der Waals surface area contributed by atoms with Gasteiger partial charge in [-0.25, -0.2) is 13.6 Å². The average Bonchev–Trinajstić information content (AvgIpc) is 2.57. The van der Waals surface area contributed by atoms with E-state index in [1.54, 1.807) is 13.0 Å². The van der Waals surface area contributed by atoms with Gasteiger partial charge < -0.3 is 14.8 Å². The van der Waals surface area contributed by atoms with Crippen LogP contribution in [0.4, 0.5) is 19.3 Å². The first-order valence-electron chi connectivity index (χ1n) is 7.94. The van der Waals surface area contributed by atoms with Crippen molar-refractivity contribution in [2.24, 2.45) is 0 Å². The van der Waals surface area contributed by atoms with E-state index in [9.17, 15) is 13.6 Å². The third-order valence-corrected chi connectivity index (χ3v) is 5.14. The Labute approximate surface area is 157 Å². The Morgan fingerprint density at radius 1 is 1.31 bits per heavy atom. The van der Waals surface area contributed by atoms with Crippen LogP contribution in [-0.4, -0.2) is 18.9 Å². The van der Waals surface area contributed by atoms with Gasteiger partial charge in [-0.15, -0.1) is 0 Å². The molecule has 0 unspecified atom stereocenters. The first-order chi connectivity index (χ1) is 12.3. The van der Waals surface area contributed by atoms with Gasteiger partial charge in [-0.2, -0.15) is 0 Å². The van der Waals surface area contributed by atoms with E-state index in [0.717, 1.165) is 22.2 Å². The van der Waals surface area contributed by atoms with Crippen LogP contribution in [0.25, 0.3) is 0 Å². The van der Waals surface area contributed by atoms with Crippen molar-refractivity contribution in [2.45, 2.75) is 25.1 Å². The standard InChI is InChI=1S/C18H15BrF2N2O3/c1-18-8-14(11-5-9(19)6-15(25-2)16(11)26-18)22-17(24)23(18)10-3-4-12(20)13(21)7-10/h3-7,14H,8H2,1-2H3,(H,22,24)/t14-,18+/m0/s1. The first kappa shape index (κ1) is 17.1. The molecule has 0 aliphatic carbocycles. The van der Waals surface area contributed by atoms with Gasteiger partial charge in [0, 0.05) is 22.5 Å². The molecule has 2 bridgehead atoms. The summed E-state index contributed by atoms with van der Waals surface area (Å²) in [5, 5.41) is 2.90. The molecule has 0 spiro atoms. The van der Waals surface area contributed by atoms with Gasteiger partial charge in [0.25, 0.3) is 0 Å². The number of methoxy groups -OCH3 is 1. The van der Waals surface area contributed by atoms with Gasteiger partial charge in [0.05, 0.1) is 18.8 Å². The highest BCUT2D eigenvalue weighted by Gasteiger charge is 2.50. The number of fused-ring (bicyclic) bond motifs is 4. The molecule has 1 fully saturated rings. The van der Waals surface area contributed by atoms with Crippen molar-refractivity contribution in [1.29, 1.82) is 0 Å². The molecule has 0 saturated carbocycles. The van der Waals surface area contributed by atoms with Crippen molar-refractivity contribution in [2.75, 3.05) is 12.0 Å². The zero-order valence-electron chi connectivity index (χ0n) is 14.0. The zero-order chi connectivity index (χ0) is 18.6. The Hall–Kier alpha value is -2.35. The summed E-state index contributed by atoms with van der Waals surface area (Å²) < 4.78 is 39.4. The van der Waals surface area contributed by atoms with Crippen LogP contribution in [0, 0.1) is 11.6 Å². The zero-order valence-corrected chi connectivity index (χ0v) is 15.6. The van der Waals surface area contributed by atoms with E-state index in [0.29, 0.717) is 17.9 Å². The van der Waals surface area contributed by atoms with Crippen LogP contribution in [0.1, 0.15) is 24.9 Å². The number of hydrogen-bond acceptors (Lipinski definition) is 3. The van der Waals surface area contributed by atoms with Gasteiger partial charge >= 0.3 is 6.03 Å². The summed E-state index contributed by atoms with van der Waals surface area (Å²) in [6.45, 7) is 1.74. The molecule has 5 nitrogen and oxygen atoms in total. The average molecular weight is 425 g/mol. The number of nitrogens with one attached hydrogen (secondary N) is 1. The molecule has 2 amide bonds. The number of urea groups is 1. The largest absolute Gasteiger partial charge is 0.493 e. The molecule has 0 aromatic heterocycles. The topological polar surface area (TPSA) is 50.8 Å². The Kier molecular flexibility index (Phi) is 3.83. The van der Waals surface area contributed by atoms with E-state index >= 15 is 0 Å². The second-order valence-electron chi connectivity index (χ2n) is 6.44. The van der Waals surface area contributed by atoms with Crippen molar-refractivity contribution >= 4 is 27.6 Å². The van der Waals surface area contributed by atoms with Gasteiger partial charge in [-0.3, -0.25) is 4.90 Å². The smallest absolute Gasteiger partial charge is 0.325 e. The maximum atomic E-state index is 13.7. The van der Waals surface area contributed by atoms with Crippen LogP contribution in [0.15, 0.2) is 34.8 Å². The Balaban J connectivity index is 1.83. The quantitative estimate of drug-likeness (QED) is 0.771. The number of rotatable bonds is 2. The van der Waals surface area contributed by atoms with Crippen molar-refractivity contribution in [3.63, 3.8) is 0 Å². The van der Waals surface area contributed by atoms with E-state index in [1.165, 1.54) is 18.1 Å².